The van der Waals surface area contributed by atoms with E-state index < -0.39 is 0 Å². The van der Waals surface area contributed by atoms with Crippen molar-refractivity contribution in [3.05, 3.63) is 64.7 Å². The molecule has 1 heteroatoms. The molecule has 0 heterocycles. The van der Waals surface area contributed by atoms with Crippen molar-refractivity contribution in [2.24, 2.45) is 10.9 Å². The van der Waals surface area contributed by atoms with Gasteiger partial charge in [-0.1, -0.05) is 61.9 Å². The van der Waals surface area contributed by atoms with Gasteiger partial charge in [-0.15, -0.1) is 0 Å². The number of hydrogen-bond donors (Lipinski definition) is 0. The molecule has 2 aromatic rings. The molecule has 0 radical (unpaired) electrons. The second-order valence-electron chi connectivity index (χ2n) is 5.77. The molecule has 0 N–H and O–H groups in total. The second kappa shape index (κ2) is 6.04. The third-order valence-corrected chi connectivity index (χ3v) is 3.48. The van der Waals surface area contributed by atoms with Gasteiger partial charge in [-0.05, 0) is 43.4 Å². The van der Waals surface area contributed by atoms with E-state index in [0.29, 0.717) is 5.92 Å². The molecule has 0 aromatic heterocycles. The van der Waals surface area contributed by atoms with Gasteiger partial charge in [0.15, 0.2) is 0 Å². The fourth-order valence-corrected chi connectivity index (χ4v) is 2.61. The van der Waals surface area contributed by atoms with E-state index >= 15 is 0 Å². The molecule has 0 aliphatic rings. The molecule has 0 saturated carbocycles. The molecular weight excluding hydrogens is 242 g/mol. The summed E-state index contributed by atoms with van der Waals surface area (Å²) in [5.41, 5.74) is 7.27. The quantitative estimate of drug-likeness (QED) is 0.660. The van der Waals surface area contributed by atoms with Gasteiger partial charge in [-0.2, -0.15) is 0 Å². The first kappa shape index (κ1) is 14.5. The third kappa shape index (κ3) is 3.16. The molecule has 2 rings (SSSR count). The van der Waals surface area contributed by atoms with E-state index in [9.17, 15) is 0 Å². The zero-order valence-corrected chi connectivity index (χ0v) is 13.1. The van der Waals surface area contributed by atoms with Gasteiger partial charge in [-0.3, -0.25) is 4.99 Å². The van der Waals surface area contributed by atoms with Crippen molar-refractivity contribution in [2.75, 3.05) is 0 Å². The highest BCUT2D eigenvalue weighted by Crippen LogP contribution is 2.27. The lowest BCUT2D eigenvalue weighted by Crippen LogP contribution is -2.09. The summed E-state index contributed by atoms with van der Waals surface area (Å²) in [4.78, 5) is 4.99. The molecule has 0 amide bonds. The van der Waals surface area contributed by atoms with Crippen LogP contribution >= 0.6 is 0 Å². The Morgan fingerprint density at radius 3 is 1.95 bits per heavy atom. The van der Waals surface area contributed by atoms with Crippen molar-refractivity contribution < 1.29 is 0 Å². The number of rotatable bonds is 3. The topological polar surface area (TPSA) is 12.4 Å². The van der Waals surface area contributed by atoms with Crippen molar-refractivity contribution in [3.63, 3.8) is 0 Å². The zero-order chi connectivity index (χ0) is 14.7. The molecule has 0 unspecified atom stereocenters. The van der Waals surface area contributed by atoms with Gasteiger partial charge in [0.2, 0.25) is 0 Å². The van der Waals surface area contributed by atoms with Gasteiger partial charge in [0.05, 0.1) is 11.4 Å². The van der Waals surface area contributed by atoms with Crippen LogP contribution in [0.2, 0.25) is 0 Å². The van der Waals surface area contributed by atoms with Gasteiger partial charge >= 0.3 is 0 Å². The fraction of sp³-hybridized carbons (Fsp3) is 0.316. The highest BCUT2D eigenvalue weighted by Gasteiger charge is 2.10. The van der Waals surface area contributed by atoms with Crippen LogP contribution in [0.4, 0.5) is 5.69 Å². The first-order chi connectivity index (χ1) is 9.49. The molecule has 0 aliphatic carbocycles. The van der Waals surface area contributed by atoms with Gasteiger partial charge in [0.25, 0.3) is 0 Å². The van der Waals surface area contributed by atoms with Crippen LogP contribution in [-0.2, 0) is 0 Å². The Bertz CT molecular complexity index is 598. The highest BCUT2D eigenvalue weighted by atomic mass is 14.8. The average Bonchev–Trinajstić information content (AvgIpc) is 2.38. The third-order valence-electron chi connectivity index (χ3n) is 3.48. The van der Waals surface area contributed by atoms with E-state index in [1.165, 1.54) is 22.3 Å². The van der Waals surface area contributed by atoms with E-state index in [4.69, 9.17) is 4.99 Å². The molecule has 0 atom stereocenters. The van der Waals surface area contributed by atoms with E-state index in [1.807, 2.05) is 6.07 Å². The van der Waals surface area contributed by atoms with Crippen molar-refractivity contribution in [1.82, 2.24) is 0 Å². The minimum absolute atomic E-state index is 0.400. The Morgan fingerprint density at radius 1 is 0.900 bits per heavy atom. The van der Waals surface area contributed by atoms with Crippen LogP contribution in [-0.4, -0.2) is 5.71 Å². The summed E-state index contributed by atoms with van der Waals surface area (Å²) in [7, 11) is 0. The predicted octanol–water partition coefficient (Wildman–Crippen LogP) is 5.39. The maximum Gasteiger partial charge on any atom is 0.0691 e. The van der Waals surface area contributed by atoms with Crippen molar-refractivity contribution in [3.8, 4) is 0 Å². The summed E-state index contributed by atoms with van der Waals surface area (Å²) in [6.07, 6.45) is 0. The maximum absolute atomic E-state index is 4.99. The summed E-state index contributed by atoms with van der Waals surface area (Å²) >= 11 is 0. The summed E-state index contributed by atoms with van der Waals surface area (Å²) in [6.45, 7) is 10.8. The van der Waals surface area contributed by atoms with Crippen LogP contribution in [0.1, 0.15) is 36.1 Å². The van der Waals surface area contributed by atoms with Gasteiger partial charge < -0.3 is 0 Å². The summed E-state index contributed by atoms with van der Waals surface area (Å²) in [5.74, 6) is 0.400. The molecule has 2 aromatic carbocycles. The van der Waals surface area contributed by atoms with Crippen LogP contribution in [0.3, 0.4) is 0 Å². The minimum Gasteiger partial charge on any atom is -0.252 e. The van der Waals surface area contributed by atoms with Crippen LogP contribution in [0.25, 0.3) is 0 Å². The molecule has 0 aliphatic heterocycles. The molecule has 104 valence electrons. The maximum atomic E-state index is 4.99. The van der Waals surface area contributed by atoms with Crippen molar-refractivity contribution in [1.29, 1.82) is 0 Å². The van der Waals surface area contributed by atoms with Crippen LogP contribution in [0, 0.1) is 26.7 Å². The largest absolute Gasteiger partial charge is 0.252 e. The lowest BCUT2D eigenvalue weighted by molar-refractivity contribution is 0.884. The summed E-state index contributed by atoms with van der Waals surface area (Å²) in [5, 5.41) is 0. The van der Waals surface area contributed by atoms with Gasteiger partial charge in [0.1, 0.15) is 0 Å². The van der Waals surface area contributed by atoms with E-state index in [0.717, 1.165) is 11.4 Å². The average molecular weight is 265 g/mol. The Hall–Kier alpha value is -1.89. The van der Waals surface area contributed by atoms with Crippen molar-refractivity contribution >= 4 is 11.4 Å². The highest BCUT2D eigenvalue weighted by molar-refractivity contribution is 6.03. The first-order valence-corrected chi connectivity index (χ1v) is 7.21. The molecule has 20 heavy (non-hydrogen) atoms. The number of aliphatic imine (C=N–C) groups is 1. The van der Waals surface area contributed by atoms with Crippen LogP contribution < -0.4 is 0 Å². The number of benzene rings is 2. The standard InChI is InChI=1S/C19H23N/c1-13(2)18(17-9-7-6-8-10-17)20-19-15(4)11-14(3)12-16(19)5/h6-13H,1-5H3. The molecular formula is C19H23N. The Balaban J connectivity index is 2.56. The first-order valence-electron chi connectivity index (χ1n) is 7.21. The molecule has 0 saturated heterocycles. The Labute approximate surface area is 122 Å². The number of hydrogen-bond acceptors (Lipinski definition) is 1. The van der Waals surface area contributed by atoms with E-state index in [-0.39, 0.29) is 0 Å². The fourth-order valence-electron chi connectivity index (χ4n) is 2.61. The lowest BCUT2D eigenvalue weighted by Gasteiger charge is -2.13. The summed E-state index contributed by atoms with van der Waals surface area (Å²) in [6, 6.07) is 14.9. The lowest BCUT2D eigenvalue weighted by atomic mass is 9.99. The monoisotopic (exact) mass is 265 g/mol. The predicted molar refractivity (Wildman–Crippen MR) is 88.1 cm³/mol. The normalized spacial score (nSPS) is 12.0. The molecule has 0 fully saturated rings. The Morgan fingerprint density at radius 2 is 1.45 bits per heavy atom. The smallest absolute Gasteiger partial charge is 0.0691 e. The Kier molecular flexibility index (Phi) is 4.39. The molecule has 0 spiro atoms. The van der Waals surface area contributed by atoms with Crippen LogP contribution in [0.15, 0.2) is 47.5 Å². The zero-order valence-electron chi connectivity index (χ0n) is 13.1. The SMILES string of the molecule is Cc1cc(C)c(N=C(c2ccccc2)C(C)C)c(C)c1. The van der Waals surface area contributed by atoms with Crippen LogP contribution in [0.5, 0.6) is 0 Å². The van der Waals surface area contributed by atoms with Crippen molar-refractivity contribution in [2.45, 2.75) is 34.6 Å². The number of aryl methyl sites for hydroxylation is 3. The summed E-state index contributed by atoms with van der Waals surface area (Å²) < 4.78 is 0. The molecule has 0 bridgehead atoms. The molecule has 1 nitrogen and oxygen atoms in total. The van der Waals surface area contributed by atoms with Gasteiger partial charge in [-0.25, -0.2) is 0 Å². The minimum atomic E-state index is 0.400. The number of nitrogens with zero attached hydrogens (tertiary/aromatic N) is 1. The van der Waals surface area contributed by atoms with E-state index in [2.05, 4.69) is 71.0 Å². The van der Waals surface area contributed by atoms with Gasteiger partial charge in [0, 0.05) is 0 Å². The second-order valence-corrected chi connectivity index (χ2v) is 5.77. The van der Waals surface area contributed by atoms with E-state index in [1.54, 1.807) is 0 Å².